The Bertz CT molecular complexity index is 1310. The second kappa shape index (κ2) is 11.9. The maximum Gasteiger partial charge on any atom is 0.319 e. The number of benzene rings is 2. The smallest absolute Gasteiger partial charge is 0.319 e. The van der Waals surface area contributed by atoms with Gasteiger partial charge in [-0.1, -0.05) is 18.5 Å². The molecule has 3 heterocycles. The molecule has 2 unspecified atom stereocenters. The first-order valence-electron chi connectivity index (χ1n) is 12.7. The van der Waals surface area contributed by atoms with Gasteiger partial charge < -0.3 is 19.5 Å². The van der Waals surface area contributed by atoms with Crippen LogP contribution in [0.2, 0.25) is 5.02 Å². The number of piperidine rings is 1. The summed E-state index contributed by atoms with van der Waals surface area (Å²) in [5, 5.41) is 4.37. The highest BCUT2D eigenvalue weighted by Gasteiger charge is 2.33. The van der Waals surface area contributed by atoms with Gasteiger partial charge in [-0.3, -0.25) is 9.69 Å². The highest BCUT2D eigenvalue weighted by molar-refractivity contribution is 8.01. The number of methoxy groups -OCH3 is 1. The zero-order valence-electron chi connectivity index (χ0n) is 21.3. The van der Waals surface area contributed by atoms with Crippen LogP contribution in [0.5, 0.6) is 11.5 Å². The second-order valence-electron chi connectivity index (χ2n) is 9.29. The largest absolute Gasteiger partial charge is 0.493 e. The maximum absolute atomic E-state index is 13.6. The van der Waals surface area contributed by atoms with E-state index in [1.54, 1.807) is 24.9 Å². The summed E-state index contributed by atoms with van der Waals surface area (Å²) in [5.41, 5.74) is 1.29. The van der Waals surface area contributed by atoms with Gasteiger partial charge in [0.25, 0.3) is 0 Å². The molecule has 38 heavy (non-hydrogen) atoms. The number of halogens is 2. The average molecular weight is 561 g/mol. The molecule has 2 aromatic carbocycles. The van der Waals surface area contributed by atoms with Crippen molar-refractivity contribution < 1.29 is 23.4 Å². The first-order chi connectivity index (χ1) is 18.4. The quantitative estimate of drug-likeness (QED) is 0.326. The molecule has 2 atom stereocenters. The van der Waals surface area contributed by atoms with Gasteiger partial charge >= 0.3 is 5.97 Å². The number of anilines is 2. The standard InChI is InChI=1S/C27H30ClFN4O4S/c1-3-25(33-9-6-17(7-10-33)38-24-8-11-36-27(24)34)37-23-14-21-18(13-22(23)35-2)26(31-15-30-21)32-16-4-5-20(29)19(28)12-16/h4-5,12-15,17,24-25H,3,6-11H2,1-2H3,(H,30,31,32). The highest BCUT2D eigenvalue weighted by Crippen LogP contribution is 2.37. The molecule has 1 N–H and O–H groups in total. The van der Waals surface area contributed by atoms with Gasteiger partial charge in [0.15, 0.2) is 17.7 Å². The van der Waals surface area contributed by atoms with Crippen molar-refractivity contribution in [3.05, 3.63) is 47.5 Å². The third-order valence-electron chi connectivity index (χ3n) is 6.84. The second-order valence-corrected chi connectivity index (χ2v) is 11.2. The van der Waals surface area contributed by atoms with Crippen LogP contribution in [0.1, 0.15) is 32.6 Å². The van der Waals surface area contributed by atoms with Crippen molar-refractivity contribution >= 4 is 51.7 Å². The fourth-order valence-electron chi connectivity index (χ4n) is 4.82. The number of thioether (sulfide) groups is 1. The Morgan fingerprint density at radius 1 is 1.21 bits per heavy atom. The summed E-state index contributed by atoms with van der Waals surface area (Å²) in [6.07, 6.45) is 4.95. The lowest BCUT2D eigenvalue weighted by molar-refractivity contribution is -0.137. The molecule has 2 aliphatic rings. The van der Waals surface area contributed by atoms with Gasteiger partial charge in [0, 0.05) is 41.9 Å². The number of esters is 1. The number of cyclic esters (lactones) is 1. The van der Waals surface area contributed by atoms with Gasteiger partial charge in [0.2, 0.25) is 0 Å². The number of hydrogen-bond donors (Lipinski definition) is 1. The molecule has 8 nitrogen and oxygen atoms in total. The first kappa shape index (κ1) is 26.8. The van der Waals surface area contributed by atoms with Crippen LogP contribution in [0.3, 0.4) is 0 Å². The van der Waals surface area contributed by atoms with Crippen LogP contribution in [0.4, 0.5) is 15.9 Å². The van der Waals surface area contributed by atoms with E-state index in [1.165, 1.54) is 18.5 Å². The zero-order valence-corrected chi connectivity index (χ0v) is 22.9. The Morgan fingerprint density at radius 2 is 2.03 bits per heavy atom. The van der Waals surface area contributed by atoms with Gasteiger partial charge in [0.05, 0.1) is 24.3 Å². The van der Waals surface area contributed by atoms with Crippen LogP contribution >= 0.6 is 23.4 Å². The molecule has 2 aliphatic heterocycles. The van der Waals surface area contributed by atoms with Crippen molar-refractivity contribution in [2.75, 3.05) is 32.1 Å². The molecule has 0 aliphatic carbocycles. The summed E-state index contributed by atoms with van der Waals surface area (Å²) in [6.45, 7) is 4.43. The summed E-state index contributed by atoms with van der Waals surface area (Å²) in [7, 11) is 1.60. The number of ether oxygens (including phenoxy) is 3. The topological polar surface area (TPSA) is 85.8 Å². The molecule has 0 spiro atoms. The molecule has 0 radical (unpaired) electrons. The molecule has 0 bridgehead atoms. The van der Waals surface area contributed by atoms with Crippen LogP contribution < -0.4 is 14.8 Å². The van der Waals surface area contributed by atoms with E-state index >= 15 is 0 Å². The van der Waals surface area contributed by atoms with E-state index in [2.05, 4.69) is 27.1 Å². The van der Waals surface area contributed by atoms with Gasteiger partial charge in [-0.25, -0.2) is 14.4 Å². The lowest BCUT2D eigenvalue weighted by atomic mass is 10.1. The number of aromatic nitrogens is 2. The molecular weight excluding hydrogens is 531 g/mol. The summed E-state index contributed by atoms with van der Waals surface area (Å²) in [6, 6.07) is 8.10. The van der Waals surface area contributed by atoms with E-state index in [9.17, 15) is 9.18 Å². The number of carbonyl (C=O) groups excluding carboxylic acids is 1. The van der Waals surface area contributed by atoms with Crippen molar-refractivity contribution in [2.45, 2.75) is 49.3 Å². The molecule has 3 aromatic rings. The third-order valence-corrected chi connectivity index (χ3v) is 8.75. The van der Waals surface area contributed by atoms with E-state index in [1.807, 2.05) is 12.1 Å². The third kappa shape index (κ3) is 5.92. The van der Waals surface area contributed by atoms with Gasteiger partial charge in [-0.2, -0.15) is 0 Å². The first-order valence-corrected chi connectivity index (χ1v) is 14.0. The molecule has 0 saturated carbocycles. The molecule has 5 rings (SSSR count). The minimum absolute atomic E-state index is 0.0203. The number of rotatable bonds is 9. The molecule has 202 valence electrons. The summed E-state index contributed by atoms with van der Waals surface area (Å²) in [4.78, 5) is 23.0. The van der Waals surface area contributed by atoms with Crippen molar-refractivity contribution in [3.63, 3.8) is 0 Å². The van der Waals surface area contributed by atoms with Crippen LogP contribution in [-0.2, 0) is 9.53 Å². The Morgan fingerprint density at radius 3 is 2.71 bits per heavy atom. The monoisotopic (exact) mass is 560 g/mol. The summed E-state index contributed by atoms with van der Waals surface area (Å²) < 4.78 is 30.9. The van der Waals surface area contributed by atoms with Crippen LogP contribution in [0.25, 0.3) is 10.9 Å². The van der Waals surface area contributed by atoms with E-state index in [0.717, 1.165) is 44.2 Å². The SMILES string of the molecule is CCC(Oc1cc2ncnc(Nc3ccc(F)c(Cl)c3)c2cc1OC)N1CCC(SC2CCOC2=O)CC1. The molecule has 2 fully saturated rings. The van der Waals surface area contributed by atoms with E-state index in [4.69, 9.17) is 25.8 Å². The van der Waals surface area contributed by atoms with E-state index in [0.29, 0.717) is 40.4 Å². The van der Waals surface area contributed by atoms with Crippen molar-refractivity contribution in [3.8, 4) is 11.5 Å². The van der Waals surface area contributed by atoms with Crippen molar-refractivity contribution in [1.82, 2.24) is 14.9 Å². The minimum Gasteiger partial charge on any atom is -0.493 e. The number of fused-ring (bicyclic) bond motifs is 1. The van der Waals surface area contributed by atoms with E-state index < -0.39 is 5.82 Å². The number of nitrogens with zero attached hydrogens (tertiary/aromatic N) is 3. The summed E-state index contributed by atoms with van der Waals surface area (Å²) >= 11 is 7.70. The van der Waals surface area contributed by atoms with Gasteiger partial charge in [-0.05, 0) is 43.5 Å². The number of hydrogen-bond acceptors (Lipinski definition) is 9. The number of carbonyl (C=O) groups is 1. The molecule has 11 heteroatoms. The van der Waals surface area contributed by atoms with Crippen molar-refractivity contribution in [2.24, 2.45) is 0 Å². The number of nitrogens with one attached hydrogen (secondary N) is 1. The van der Waals surface area contributed by atoms with Gasteiger partial charge in [0.1, 0.15) is 23.2 Å². The highest BCUT2D eigenvalue weighted by atomic mass is 35.5. The lowest BCUT2D eigenvalue weighted by Gasteiger charge is -2.37. The average Bonchev–Trinajstić information content (AvgIpc) is 3.33. The minimum atomic E-state index is -0.486. The lowest BCUT2D eigenvalue weighted by Crippen LogP contribution is -2.45. The van der Waals surface area contributed by atoms with Gasteiger partial charge in [-0.15, -0.1) is 11.8 Å². The molecule has 2 saturated heterocycles. The van der Waals surface area contributed by atoms with Crippen LogP contribution in [0.15, 0.2) is 36.7 Å². The van der Waals surface area contributed by atoms with E-state index in [-0.39, 0.29) is 22.5 Å². The fraction of sp³-hybridized carbons (Fsp3) is 0.444. The predicted molar refractivity (Wildman–Crippen MR) is 147 cm³/mol. The maximum atomic E-state index is 13.6. The zero-order chi connectivity index (χ0) is 26.6. The predicted octanol–water partition coefficient (Wildman–Crippen LogP) is 5.80. The molecule has 1 aromatic heterocycles. The Hall–Kier alpha value is -2.82. The Kier molecular flexibility index (Phi) is 8.40. The normalized spacial score (nSPS) is 19.4. The van der Waals surface area contributed by atoms with Crippen LogP contribution in [-0.4, -0.2) is 64.4 Å². The Balaban J connectivity index is 1.30. The van der Waals surface area contributed by atoms with Crippen molar-refractivity contribution in [1.29, 1.82) is 0 Å². The molecule has 0 amide bonds. The summed E-state index contributed by atoms with van der Waals surface area (Å²) in [5.74, 6) is 1.15. The molecular formula is C27H30ClFN4O4S. The Labute approximate surface area is 230 Å². The van der Waals surface area contributed by atoms with Crippen LogP contribution in [0, 0.1) is 5.82 Å². The fourth-order valence-corrected chi connectivity index (χ4v) is 6.36. The number of likely N-dealkylation sites (tertiary alicyclic amines) is 1.